The highest BCUT2D eigenvalue weighted by molar-refractivity contribution is 6.31. The zero-order chi connectivity index (χ0) is 27.8. The highest BCUT2D eigenvalue weighted by Gasteiger charge is 2.37. The molecule has 2 saturated heterocycles. The number of H-pyrrole nitrogens is 1. The van der Waals surface area contributed by atoms with Crippen LogP contribution in [0.5, 0.6) is 5.75 Å². The first-order valence-corrected chi connectivity index (χ1v) is 14.4. The Morgan fingerprint density at radius 1 is 1.07 bits per heavy atom. The Labute approximate surface area is 239 Å². The van der Waals surface area contributed by atoms with Crippen LogP contribution in [0, 0.1) is 5.92 Å². The molecule has 1 unspecified atom stereocenters. The maximum atomic E-state index is 13.4. The van der Waals surface area contributed by atoms with E-state index in [1.54, 1.807) is 0 Å². The molecular formula is C32H35ClN4O3. The quantitative estimate of drug-likeness (QED) is 0.280. The summed E-state index contributed by atoms with van der Waals surface area (Å²) in [5.41, 5.74) is 4.12. The summed E-state index contributed by atoms with van der Waals surface area (Å²) in [4.78, 5) is 15.8. The molecule has 0 aliphatic carbocycles. The van der Waals surface area contributed by atoms with Crippen LogP contribution in [-0.4, -0.2) is 59.5 Å². The van der Waals surface area contributed by atoms with E-state index in [4.69, 9.17) is 21.1 Å². The predicted molar refractivity (Wildman–Crippen MR) is 158 cm³/mol. The molecule has 7 nitrogen and oxygen atoms in total. The summed E-state index contributed by atoms with van der Waals surface area (Å²) in [6, 6.07) is 22.0. The van der Waals surface area contributed by atoms with E-state index in [0.29, 0.717) is 22.7 Å². The van der Waals surface area contributed by atoms with E-state index in [-0.39, 0.29) is 24.0 Å². The van der Waals surface area contributed by atoms with E-state index in [2.05, 4.69) is 41.3 Å². The van der Waals surface area contributed by atoms with Gasteiger partial charge in [0, 0.05) is 46.5 Å². The summed E-state index contributed by atoms with van der Waals surface area (Å²) in [6.45, 7) is 5.70. The Morgan fingerprint density at radius 2 is 1.80 bits per heavy atom. The third-order valence-corrected chi connectivity index (χ3v) is 8.64. The van der Waals surface area contributed by atoms with Gasteiger partial charge in [0.15, 0.2) is 0 Å². The number of hydrogen-bond donors (Lipinski definition) is 2. The summed E-state index contributed by atoms with van der Waals surface area (Å²) >= 11 is 6.46. The Kier molecular flexibility index (Phi) is 7.53. The Balaban J connectivity index is 1.19. The number of halogens is 1. The van der Waals surface area contributed by atoms with Gasteiger partial charge in [-0.3, -0.25) is 14.8 Å². The average molecular weight is 559 g/mol. The SMILES string of the molecule is CC(C)C(NC(=O)c1ccc2[nH]nc(-c3ccc(O[C@H]4C[C@H]5COC[C@@H](C4)N5C)cc3)c2c1)c1ccccc1Cl. The van der Waals surface area contributed by atoms with E-state index in [1.165, 1.54) is 0 Å². The lowest BCUT2D eigenvalue weighted by atomic mass is 9.92. The molecule has 3 heterocycles. The van der Waals surface area contributed by atoms with Crippen LogP contribution in [0.1, 0.15) is 48.7 Å². The van der Waals surface area contributed by atoms with Crippen molar-refractivity contribution in [1.82, 2.24) is 20.4 Å². The number of hydrogen-bond acceptors (Lipinski definition) is 5. The minimum Gasteiger partial charge on any atom is -0.490 e. The molecule has 3 aromatic carbocycles. The number of aromatic amines is 1. The van der Waals surface area contributed by atoms with E-state index >= 15 is 0 Å². The van der Waals surface area contributed by atoms with Crippen LogP contribution in [0.4, 0.5) is 0 Å². The second-order valence-corrected chi connectivity index (χ2v) is 11.7. The number of benzene rings is 3. The first-order valence-electron chi connectivity index (χ1n) is 14.0. The fraction of sp³-hybridized carbons (Fsp3) is 0.375. The van der Waals surface area contributed by atoms with Gasteiger partial charge in [-0.15, -0.1) is 0 Å². The molecule has 1 aromatic heterocycles. The monoisotopic (exact) mass is 558 g/mol. The van der Waals surface area contributed by atoms with Crippen LogP contribution >= 0.6 is 11.6 Å². The molecule has 0 radical (unpaired) electrons. The standard InChI is InChI=1S/C32H35ClN4O3/c1-19(2)30(26-6-4-5-7-28(26)33)34-32(38)21-10-13-29-27(14-21)31(36-35-29)20-8-11-24(12-9-20)40-25-15-22-17-39-18-23(16-25)37(22)3/h4-14,19,22-23,25,30H,15-18H2,1-3H3,(H,34,38)(H,35,36)/t22-,23+,25-,30?. The number of amides is 1. The minimum absolute atomic E-state index is 0.148. The highest BCUT2D eigenvalue weighted by atomic mass is 35.5. The van der Waals surface area contributed by atoms with Gasteiger partial charge in [0.25, 0.3) is 5.91 Å². The van der Waals surface area contributed by atoms with Gasteiger partial charge in [0.1, 0.15) is 11.9 Å². The van der Waals surface area contributed by atoms with Gasteiger partial charge in [-0.2, -0.15) is 5.10 Å². The number of fused-ring (bicyclic) bond motifs is 3. The van der Waals surface area contributed by atoms with Crippen LogP contribution in [0.25, 0.3) is 22.2 Å². The van der Waals surface area contributed by atoms with Gasteiger partial charge < -0.3 is 14.8 Å². The van der Waals surface area contributed by atoms with Crippen LogP contribution < -0.4 is 10.1 Å². The summed E-state index contributed by atoms with van der Waals surface area (Å²) < 4.78 is 12.1. The number of morpholine rings is 1. The first-order chi connectivity index (χ1) is 19.4. The molecule has 1 amide bonds. The zero-order valence-corrected chi connectivity index (χ0v) is 23.8. The number of likely N-dealkylation sites (N-methyl/N-ethyl adjacent to an activating group) is 1. The molecule has 2 aliphatic rings. The second-order valence-electron chi connectivity index (χ2n) is 11.3. The number of carbonyl (C=O) groups excluding carboxylic acids is 1. The molecule has 4 aromatic rings. The fourth-order valence-corrected chi connectivity index (χ4v) is 6.21. The third kappa shape index (κ3) is 5.33. The lowest BCUT2D eigenvalue weighted by Gasteiger charge is -2.46. The molecular weight excluding hydrogens is 524 g/mol. The summed E-state index contributed by atoms with van der Waals surface area (Å²) in [5.74, 6) is 0.876. The van der Waals surface area contributed by atoms with Crippen molar-refractivity contribution >= 4 is 28.4 Å². The van der Waals surface area contributed by atoms with Crippen molar-refractivity contribution in [1.29, 1.82) is 0 Å². The molecule has 40 heavy (non-hydrogen) atoms. The first kappa shape index (κ1) is 26.8. The Hall–Kier alpha value is -3.39. The maximum Gasteiger partial charge on any atom is 0.251 e. The number of nitrogens with zero attached hydrogens (tertiary/aromatic N) is 2. The highest BCUT2D eigenvalue weighted by Crippen LogP contribution is 2.33. The molecule has 208 valence electrons. The van der Waals surface area contributed by atoms with Gasteiger partial charge in [0.05, 0.1) is 30.5 Å². The van der Waals surface area contributed by atoms with E-state index < -0.39 is 0 Å². The number of ether oxygens (including phenoxy) is 2. The van der Waals surface area contributed by atoms with Crippen LogP contribution in [0.2, 0.25) is 5.02 Å². The number of carbonyl (C=O) groups is 1. The molecule has 0 spiro atoms. The lowest BCUT2D eigenvalue weighted by Crippen LogP contribution is -2.57. The third-order valence-electron chi connectivity index (χ3n) is 8.29. The van der Waals surface area contributed by atoms with Crippen molar-refractivity contribution in [3.05, 3.63) is 82.9 Å². The van der Waals surface area contributed by atoms with Gasteiger partial charge in [-0.25, -0.2) is 0 Å². The van der Waals surface area contributed by atoms with Crippen molar-refractivity contribution in [2.75, 3.05) is 20.3 Å². The van der Waals surface area contributed by atoms with Gasteiger partial charge in [-0.1, -0.05) is 43.6 Å². The smallest absolute Gasteiger partial charge is 0.251 e. The van der Waals surface area contributed by atoms with Crippen molar-refractivity contribution in [2.24, 2.45) is 5.92 Å². The summed E-state index contributed by atoms with van der Waals surface area (Å²) in [5, 5.41) is 12.4. The van der Waals surface area contributed by atoms with Gasteiger partial charge in [0.2, 0.25) is 0 Å². The zero-order valence-electron chi connectivity index (χ0n) is 23.1. The van der Waals surface area contributed by atoms with Crippen molar-refractivity contribution in [3.63, 3.8) is 0 Å². The number of rotatable bonds is 7. The normalized spacial score (nSPS) is 21.9. The van der Waals surface area contributed by atoms with Gasteiger partial charge in [-0.05, 0) is 67.1 Å². The van der Waals surface area contributed by atoms with E-state index in [0.717, 1.165) is 59.5 Å². The van der Waals surface area contributed by atoms with Crippen molar-refractivity contribution in [3.8, 4) is 17.0 Å². The molecule has 2 aliphatic heterocycles. The van der Waals surface area contributed by atoms with Crippen molar-refractivity contribution in [2.45, 2.75) is 50.9 Å². The van der Waals surface area contributed by atoms with Gasteiger partial charge >= 0.3 is 0 Å². The topological polar surface area (TPSA) is 79.5 Å². The number of piperidine rings is 1. The van der Waals surface area contributed by atoms with Crippen molar-refractivity contribution < 1.29 is 14.3 Å². The second kappa shape index (κ2) is 11.2. The van der Waals surface area contributed by atoms with Crippen LogP contribution in [-0.2, 0) is 4.74 Å². The predicted octanol–water partition coefficient (Wildman–Crippen LogP) is 6.25. The van der Waals surface area contributed by atoms with E-state index in [9.17, 15) is 4.79 Å². The lowest BCUT2D eigenvalue weighted by molar-refractivity contribution is -0.0879. The van der Waals surface area contributed by atoms with Crippen LogP contribution in [0.3, 0.4) is 0 Å². The molecule has 6 rings (SSSR count). The molecule has 4 atom stereocenters. The Morgan fingerprint density at radius 3 is 2.50 bits per heavy atom. The van der Waals surface area contributed by atoms with E-state index in [1.807, 2.05) is 66.7 Å². The molecule has 2 bridgehead atoms. The molecule has 2 fully saturated rings. The Bertz CT molecular complexity index is 1490. The summed E-state index contributed by atoms with van der Waals surface area (Å²) in [7, 11) is 2.19. The molecule has 0 saturated carbocycles. The number of aromatic nitrogens is 2. The molecule has 2 N–H and O–H groups in total. The average Bonchev–Trinajstić information content (AvgIpc) is 3.36. The fourth-order valence-electron chi connectivity index (χ4n) is 5.96. The largest absolute Gasteiger partial charge is 0.490 e. The summed E-state index contributed by atoms with van der Waals surface area (Å²) in [6.07, 6.45) is 2.13. The number of nitrogens with one attached hydrogen (secondary N) is 2. The molecule has 8 heteroatoms. The maximum absolute atomic E-state index is 13.4. The minimum atomic E-state index is -0.204. The van der Waals surface area contributed by atoms with Crippen LogP contribution in [0.15, 0.2) is 66.7 Å².